The molecule has 0 aliphatic carbocycles. The van der Waals surface area contributed by atoms with Crippen LogP contribution in [-0.2, 0) is 14.3 Å². The highest BCUT2D eigenvalue weighted by Crippen LogP contribution is 2.26. The minimum Gasteiger partial charge on any atom is -0.454 e. The van der Waals surface area contributed by atoms with Gasteiger partial charge in [-0.2, -0.15) is 0 Å². The first-order valence-corrected chi connectivity index (χ1v) is 10.4. The van der Waals surface area contributed by atoms with E-state index in [-0.39, 0.29) is 23.6 Å². The maximum atomic E-state index is 12.8. The molecule has 0 radical (unpaired) electrons. The Morgan fingerprint density at radius 2 is 1.55 bits per heavy atom. The van der Waals surface area contributed by atoms with Crippen LogP contribution < -0.4 is 5.32 Å². The van der Waals surface area contributed by atoms with Crippen LogP contribution >= 0.6 is 0 Å². The monoisotopic (exact) mass is 422 g/mol. The van der Waals surface area contributed by atoms with E-state index in [0.717, 1.165) is 16.9 Å². The molecule has 0 saturated heterocycles. The zero-order valence-electron chi connectivity index (χ0n) is 17.7. The highest BCUT2D eigenvalue weighted by Gasteiger charge is 2.43. The number of esters is 1. The van der Waals surface area contributed by atoms with Crippen LogP contribution in [0.3, 0.4) is 0 Å². The molecule has 162 valence electrons. The summed E-state index contributed by atoms with van der Waals surface area (Å²) < 4.78 is 5.21. The van der Waals surface area contributed by atoms with E-state index in [4.69, 9.17) is 4.74 Å². The number of hydrogen-bond acceptors (Lipinski definition) is 5. The van der Waals surface area contributed by atoms with E-state index >= 15 is 0 Å². The van der Waals surface area contributed by atoms with E-state index in [1.54, 1.807) is 24.3 Å². The molecule has 1 aliphatic heterocycles. The summed E-state index contributed by atoms with van der Waals surface area (Å²) in [7, 11) is 0. The van der Waals surface area contributed by atoms with Gasteiger partial charge < -0.3 is 10.1 Å². The highest BCUT2D eigenvalue weighted by atomic mass is 16.5. The van der Waals surface area contributed by atoms with Gasteiger partial charge in [0.05, 0.1) is 17.2 Å². The lowest BCUT2D eigenvalue weighted by Gasteiger charge is -2.24. The molecule has 2 atom stereocenters. The van der Waals surface area contributed by atoms with E-state index in [1.165, 1.54) is 0 Å². The van der Waals surface area contributed by atoms with E-state index in [1.807, 2.05) is 44.2 Å². The van der Waals surface area contributed by atoms with Crippen molar-refractivity contribution in [1.29, 1.82) is 0 Å². The standard InChI is InChI=1S/C24H26N2O5/c1-3-4-14-20(26-22(28)18-12-8-9-13-19(18)23(26)29)24(30)31-15-21(27)25-16(2)17-10-6-5-7-11-17/h5-13,16,20H,3-4,14-15H2,1-2H3,(H,25,27)/t16-,20+/m1/s1. The third kappa shape index (κ3) is 4.99. The molecule has 0 aromatic heterocycles. The van der Waals surface area contributed by atoms with E-state index in [9.17, 15) is 19.2 Å². The van der Waals surface area contributed by atoms with Crippen molar-refractivity contribution >= 4 is 23.7 Å². The molecule has 0 bridgehead atoms. The van der Waals surface area contributed by atoms with Gasteiger partial charge in [0, 0.05) is 0 Å². The number of hydrogen-bond donors (Lipinski definition) is 1. The molecule has 1 heterocycles. The van der Waals surface area contributed by atoms with Gasteiger partial charge in [0.1, 0.15) is 6.04 Å². The molecule has 0 spiro atoms. The molecule has 1 N–H and O–H groups in total. The Labute approximate surface area is 181 Å². The van der Waals surface area contributed by atoms with Crippen molar-refractivity contribution in [2.75, 3.05) is 6.61 Å². The third-order valence-corrected chi connectivity index (χ3v) is 5.26. The molecule has 2 aromatic carbocycles. The van der Waals surface area contributed by atoms with Crippen molar-refractivity contribution in [2.45, 2.75) is 45.2 Å². The average molecular weight is 422 g/mol. The molecule has 0 fully saturated rings. The number of benzene rings is 2. The van der Waals surface area contributed by atoms with Crippen LogP contribution in [0.25, 0.3) is 0 Å². The Bertz CT molecular complexity index is 938. The maximum Gasteiger partial charge on any atom is 0.329 e. The van der Waals surface area contributed by atoms with Crippen molar-refractivity contribution < 1.29 is 23.9 Å². The molecular formula is C24H26N2O5. The number of nitrogens with one attached hydrogen (secondary N) is 1. The van der Waals surface area contributed by atoms with E-state index in [2.05, 4.69) is 5.32 Å². The zero-order chi connectivity index (χ0) is 22.4. The highest BCUT2D eigenvalue weighted by molar-refractivity contribution is 6.22. The number of amides is 3. The number of fused-ring (bicyclic) bond motifs is 1. The van der Waals surface area contributed by atoms with Crippen molar-refractivity contribution in [1.82, 2.24) is 10.2 Å². The van der Waals surface area contributed by atoms with E-state index in [0.29, 0.717) is 6.42 Å². The molecule has 0 saturated carbocycles. The minimum absolute atomic E-state index is 0.250. The van der Waals surface area contributed by atoms with Crippen molar-refractivity contribution in [3.05, 3.63) is 71.3 Å². The normalized spacial score (nSPS) is 14.7. The van der Waals surface area contributed by atoms with Crippen LogP contribution in [0.2, 0.25) is 0 Å². The number of carbonyl (C=O) groups excluding carboxylic acids is 4. The topological polar surface area (TPSA) is 92.8 Å². The Balaban J connectivity index is 1.65. The quantitative estimate of drug-likeness (QED) is 0.495. The summed E-state index contributed by atoms with van der Waals surface area (Å²) in [4.78, 5) is 51.6. The van der Waals surface area contributed by atoms with Gasteiger partial charge in [-0.25, -0.2) is 4.79 Å². The predicted octanol–water partition coefficient (Wildman–Crippen LogP) is 3.26. The van der Waals surface area contributed by atoms with Crippen molar-refractivity contribution in [2.24, 2.45) is 0 Å². The fraction of sp³-hybridized carbons (Fsp3) is 0.333. The summed E-state index contributed by atoms with van der Waals surface area (Å²) in [6, 6.07) is 14.6. The second-order valence-electron chi connectivity index (χ2n) is 7.49. The Kier molecular flexibility index (Phi) is 7.18. The number of nitrogens with zero attached hydrogens (tertiary/aromatic N) is 1. The predicted molar refractivity (Wildman–Crippen MR) is 114 cm³/mol. The summed E-state index contributed by atoms with van der Waals surface area (Å²) >= 11 is 0. The van der Waals surface area contributed by atoms with Crippen molar-refractivity contribution in [3.8, 4) is 0 Å². The maximum absolute atomic E-state index is 12.8. The summed E-state index contributed by atoms with van der Waals surface area (Å²) in [5.74, 6) is -2.24. The molecular weight excluding hydrogens is 396 g/mol. The molecule has 31 heavy (non-hydrogen) atoms. The van der Waals surface area contributed by atoms with Gasteiger partial charge in [-0.3, -0.25) is 19.3 Å². The molecule has 2 aromatic rings. The Morgan fingerprint density at radius 1 is 0.968 bits per heavy atom. The van der Waals surface area contributed by atoms with Gasteiger partial charge in [0.25, 0.3) is 17.7 Å². The van der Waals surface area contributed by atoms with Gasteiger partial charge in [-0.15, -0.1) is 0 Å². The van der Waals surface area contributed by atoms with Crippen LogP contribution in [0.5, 0.6) is 0 Å². The first-order chi connectivity index (χ1) is 14.9. The number of rotatable bonds is 9. The van der Waals surface area contributed by atoms with Gasteiger partial charge in [-0.05, 0) is 31.0 Å². The first-order valence-electron chi connectivity index (χ1n) is 10.4. The Morgan fingerprint density at radius 3 is 2.13 bits per heavy atom. The SMILES string of the molecule is CCCC[C@@H](C(=O)OCC(=O)N[C@H](C)c1ccccc1)N1C(=O)c2ccccc2C1=O. The first kappa shape index (κ1) is 22.2. The Hall–Kier alpha value is -3.48. The number of ether oxygens (including phenoxy) is 1. The lowest BCUT2D eigenvalue weighted by molar-refractivity contribution is -0.152. The molecule has 0 unspecified atom stereocenters. The average Bonchev–Trinajstić information content (AvgIpc) is 3.04. The largest absolute Gasteiger partial charge is 0.454 e. The van der Waals surface area contributed by atoms with Gasteiger partial charge in [0.2, 0.25) is 0 Å². The van der Waals surface area contributed by atoms with Gasteiger partial charge in [-0.1, -0.05) is 62.2 Å². The molecule has 7 nitrogen and oxygen atoms in total. The lowest BCUT2D eigenvalue weighted by atomic mass is 10.1. The smallest absolute Gasteiger partial charge is 0.329 e. The minimum atomic E-state index is -1.06. The fourth-order valence-corrected chi connectivity index (χ4v) is 3.58. The van der Waals surface area contributed by atoms with Crippen LogP contribution in [-0.4, -0.2) is 41.2 Å². The van der Waals surface area contributed by atoms with Gasteiger partial charge >= 0.3 is 5.97 Å². The van der Waals surface area contributed by atoms with Crippen LogP contribution in [0.4, 0.5) is 0 Å². The molecule has 3 rings (SSSR count). The second kappa shape index (κ2) is 10.0. The summed E-state index contributed by atoms with van der Waals surface area (Å²) in [6.45, 7) is 3.29. The van der Waals surface area contributed by atoms with Crippen molar-refractivity contribution in [3.63, 3.8) is 0 Å². The third-order valence-electron chi connectivity index (χ3n) is 5.26. The number of imide groups is 1. The zero-order valence-corrected chi connectivity index (χ0v) is 17.7. The van der Waals surface area contributed by atoms with E-state index < -0.39 is 36.3 Å². The summed E-state index contributed by atoms with van der Waals surface area (Å²) in [6.07, 6.45) is 1.69. The molecule has 1 aliphatic rings. The molecule has 3 amide bonds. The van der Waals surface area contributed by atoms with Crippen LogP contribution in [0.15, 0.2) is 54.6 Å². The van der Waals surface area contributed by atoms with Crippen LogP contribution in [0, 0.1) is 0 Å². The summed E-state index contributed by atoms with van der Waals surface area (Å²) in [5.41, 5.74) is 1.47. The van der Waals surface area contributed by atoms with Crippen LogP contribution in [0.1, 0.15) is 65.4 Å². The van der Waals surface area contributed by atoms with Gasteiger partial charge in [0.15, 0.2) is 6.61 Å². The molecule has 7 heteroatoms. The fourth-order valence-electron chi connectivity index (χ4n) is 3.58. The number of unbranched alkanes of at least 4 members (excludes halogenated alkanes) is 1. The second-order valence-corrected chi connectivity index (χ2v) is 7.49. The summed E-state index contributed by atoms with van der Waals surface area (Å²) in [5, 5.41) is 2.77. The number of carbonyl (C=O) groups is 4. The lowest BCUT2D eigenvalue weighted by Crippen LogP contribution is -2.46.